The van der Waals surface area contributed by atoms with Gasteiger partial charge in [-0.1, -0.05) is 13.8 Å². The molecule has 2 heterocycles. The summed E-state index contributed by atoms with van der Waals surface area (Å²) >= 11 is 0. The molecule has 120 valence electrons. The highest BCUT2D eigenvalue weighted by Crippen LogP contribution is 2.23. The minimum atomic E-state index is -0.579. The Hall–Kier alpha value is -0.910. The number of rotatable bonds is 6. The summed E-state index contributed by atoms with van der Waals surface area (Å²) in [5.74, 6) is 0.616. The van der Waals surface area contributed by atoms with Gasteiger partial charge in [-0.25, -0.2) is 4.98 Å². The van der Waals surface area contributed by atoms with Gasteiger partial charge in [0.25, 0.3) is 0 Å². The van der Waals surface area contributed by atoms with E-state index in [4.69, 9.17) is 0 Å². The van der Waals surface area contributed by atoms with Crippen LogP contribution in [-0.4, -0.2) is 63.8 Å². The van der Waals surface area contributed by atoms with Crippen LogP contribution in [0.2, 0.25) is 0 Å². The second kappa shape index (κ2) is 6.90. The molecular formula is C16H30N4O. The summed E-state index contributed by atoms with van der Waals surface area (Å²) in [6, 6.07) is 0. The normalized spacial score (nSPS) is 24.1. The molecule has 0 unspecified atom stereocenters. The molecule has 0 saturated carbocycles. The van der Waals surface area contributed by atoms with Gasteiger partial charge in [-0.15, -0.1) is 0 Å². The predicted molar refractivity (Wildman–Crippen MR) is 85.1 cm³/mol. The van der Waals surface area contributed by atoms with Gasteiger partial charge in [0.1, 0.15) is 0 Å². The van der Waals surface area contributed by atoms with Gasteiger partial charge in [0.15, 0.2) is 0 Å². The van der Waals surface area contributed by atoms with E-state index in [1.807, 2.05) is 26.6 Å². The van der Waals surface area contributed by atoms with Crippen molar-refractivity contribution in [3.8, 4) is 0 Å². The molecule has 0 spiro atoms. The Balaban J connectivity index is 1.98. The first-order valence-corrected chi connectivity index (χ1v) is 7.96. The molecule has 1 atom stereocenters. The maximum Gasteiger partial charge on any atom is 0.0948 e. The van der Waals surface area contributed by atoms with Crippen LogP contribution < -0.4 is 0 Å². The number of nitrogens with zero attached hydrogens (tertiary/aromatic N) is 4. The topological polar surface area (TPSA) is 44.5 Å². The van der Waals surface area contributed by atoms with E-state index in [0.717, 1.165) is 45.6 Å². The van der Waals surface area contributed by atoms with Crippen molar-refractivity contribution in [3.63, 3.8) is 0 Å². The first kappa shape index (κ1) is 16.5. The van der Waals surface area contributed by atoms with E-state index in [2.05, 4.69) is 33.2 Å². The van der Waals surface area contributed by atoms with Crippen molar-refractivity contribution in [2.45, 2.75) is 45.4 Å². The fourth-order valence-electron chi connectivity index (χ4n) is 3.33. The van der Waals surface area contributed by atoms with Crippen LogP contribution in [0.4, 0.5) is 0 Å². The number of aliphatic hydroxyl groups is 1. The monoisotopic (exact) mass is 294 g/mol. The molecule has 2 rings (SSSR count). The summed E-state index contributed by atoms with van der Waals surface area (Å²) in [4.78, 5) is 8.73. The van der Waals surface area contributed by atoms with Crippen molar-refractivity contribution in [3.05, 3.63) is 18.2 Å². The molecule has 0 bridgehead atoms. The second-order valence-electron chi connectivity index (χ2n) is 7.21. The molecular weight excluding hydrogens is 264 g/mol. The number of likely N-dealkylation sites (tertiary alicyclic amines) is 1. The number of imidazole rings is 1. The van der Waals surface area contributed by atoms with Gasteiger partial charge in [-0.3, -0.25) is 4.90 Å². The Kier molecular flexibility index (Phi) is 5.41. The molecule has 5 nitrogen and oxygen atoms in total. The second-order valence-corrected chi connectivity index (χ2v) is 7.21. The van der Waals surface area contributed by atoms with E-state index in [1.54, 1.807) is 0 Å². The van der Waals surface area contributed by atoms with Crippen molar-refractivity contribution in [2.24, 2.45) is 5.92 Å². The molecule has 5 heteroatoms. The summed E-state index contributed by atoms with van der Waals surface area (Å²) in [6.07, 6.45) is 5.84. The van der Waals surface area contributed by atoms with Gasteiger partial charge in [0, 0.05) is 32.4 Å². The first-order chi connectivity index (χ1) is 9.88. The highest BCUT2D eigenvalue weighted by molar-refractivity contribution is 5.00. The van der Waals surface area contributed by atoms with E-state index >= 15 is 0 Å². The highest BCUT2D eigenvalue weighted by Gasteiger charge is 2.33. The van der Waals surface area contributed by atoms with Gasteiger partial charge >= 0.3 is 0 Å². The van der Waals surface area contributed by atoms with E-state index < -0.39 is 5.60 Å². The Labute approximate surface area is 128 Å². The zero-order valence-corrected chi connectivity index (χ0v) is 13.9. The highest BCUT2D eigenvalue weighted by atomic mass is 16.3. The number of hydrogen-bond donors (Lipinski definition) is 1. The van der Waals surface area contributed by atoms with Gasteiger partial charge in [-0.05, 0) is 39.4 Å². The van der Waals surface area contributed by atoms with Crippen LogP contribution in [0.3, 0.4) is 0 Å². The summed E-state index contributed by atoms with van der Waals surface area (Å²) in [5.41, 5.74) is 0.669. The van der Waals surface area contributed by atoms with Crippen molar-refractivity contribution in [2.75, 3.05) is 33.7 Å². The molecule has 1 N–H and O–H groups in total. The molecule has 0 amide bonds. The lowest BCUT2D eigenvalue weighted by Crippen LogP contribution is -2.53. The molecule has 1 aromatic rings. The maximum atomic E-state index is 10.7. The van der Waals surface area contributed by atoms with Crippen LogP contribution in [-0.2, 0) is 13.1 Å². The smallest absolute Gasteiger partial charge is 0.0948 e. The standard InChI is InChI=1S/C16H30N4O/c1-14(2)9-20-13-17-8-15(20)10-19-7-5-6-16(21,12-19)11-18(3)4/h8,13-14,21H,5-7,9-12H2,1-4H3/t16-/m1/s1. The van der Waals surface area contributed by atoms with E-state index in [-0.39, 0.29) is 0 Å². The third-order valence-electron chi connectivity index (χ3n) is 3.99. The summed E-state index contributed by atoms with van der Waals surface area (Å²) in [6.45, 7) is 8.87. The number of aromatic nitrogens is 2. The molecule has 1 aliphatic rings. The lowest BCUT2D eigenvalue weighted by atomic mass is 9.92. The Morgan fingerprint density at radius 1 is 1.43 bits per heavy atom. The van der Waals surface area contributed by atoms with Gasteiger partial charge in [-0.2, -0.15) is 0 Å². The Morgan fingerprint density at radius 2 is 2.19 bits per heavy atom. The predicted octanol–water partition coefficient (Wildman–Crippen LogP) is 1.43. The summed E-state index contributed by atoms with van der Waals surface area (Å²) in [5, 5.41) is 10.7. The van der Waals surface area contributed by atoms with Crippen molar-refractivity contribution in [1.82, 2.24) is 19.4 Å². The number of piperidine rings is 1. The van der Waals surface area contributed by atoms with Gasteiger partial charge in [0.2, 0.25) is 0 Å². The van der Waals surface area contributed by atoms with E-state index in [1.165, 1.54) is 5.69 Å². The molecule has 1 aromatic heterocycles. The fourth-order valence-corrected chi connectivity index (χ4v) is 3.33. The average molecular weight is 294 g/mol. The summed E-state index contributed by atoms with van der Waals surface area (Å²) < 4.78 is 2.24. The van der Waals surface area contributed by atoms with Crippen LogP contribution in [0.25, 0.3) is 0 Å². The number of likely N-dealkylation sites (N-methyl/N-ethyl adjacent to an activating group) is 1. The molecule has 0 radical (unpaired) electrons. The number of hydrogen-bond acceptors (Lipinski definition) is 4. The van der Waals surface area contributed by atoms with Crippen LogP contribution in [0.15, 0.2) is 12.5 Å². The van der Waals surface area contributed by atoms with Crippen LogP contribution in [0.1, 0.15) is 32.4 Å². The molecule has 1 fully saturated rings. The van der Waals surface area contributed by atoms with Gasteiger partial charge in [0.05, 0.1) is 17.6 Å². The van der Waals surface area contributed by atoms with E-state index in [0.29, 0.717) is 5.92 Å². The Bertz CT molecular complexity index is 443. The maximum absolute atomic E-state index is 10.7. The van der Waals surface area contributed by atoms with Gasteiger partial charge < -0.3 is 14.6 Å². The van der Waals surface area contributed by atoms with Crippen LogP contribution >= 0.6 is 0 Å². The largest absolute Gasteiger partial charge is 0.387 e. The lowest BCUT2D eigenvalue weighted by molar-refractivity contribution is -0.0484. The average Bonchev–Trinajstić information content (AvgIpc) is 2.74. The summed E-state index contributed by atoms with van der Waals surface area (Å²) in [7, 11) is 4.04. The third kappa shape index (κ3) is 4.80. The molecule has 0 aliphatic carbocycles. The van der Waals surface area contributed by atoms with Crippen molar-refractivity contribution < 1.29 is 5.11 Å². The minimum absolute atomic E-state index is 0.579. The number of β-amino-alcohol motifs (C(OH)–C–C–N with tert-alkyl or cyclic N) is 1. The SMILES string of the molecule is CC(C)Cn1cncc1CN1CCC[C@@](O)(CN(C)C)C1. The van der Waals surface area contributed by atoms with Crippen molar-refractivity contribution in [1.29, 1.82) is 0 Å². The van der Waals surface area contributed by atoms with Crippen LogP contribution in [0, 0.1) is 5.92 Å². The fraction of sp³-hybridized carbons (Fsp3) is 0.812. The minimum Gasteiger partial charge on any atom is -0.387 e. The van der Waals surface area contributed by atoms with E-state index in [9.17, 15) is 5.11 Å². The lowest BCUT2D eigenvalue weighted by Gasteiger charge is -2.40. The molecule has 1 saturated heterocycles. The zero-order valence-electron chi connectivity index (χ0n) is 13.9. The Morgan fingerprint density at radius 3 is 2.86 bits per heavy atom. The van der Waals surface area contributed by atoms with Crippen molar-refractivity contribution >= 4 is 0 Å². The quantitative estimate of drug-likeness (QED) is 0.862. The zero-order chi connectivity index (χ0) is 15.5. The van der Waals surface area contributed by atoms with Crippen LogP contribution in [0.5, 0.6) is 0 Å². The first-order valence-electron chi connectivity index (χ1n) is 7.96. The molecule has 21 heavy (non-hydrogen) atoms. The molecule has 0 aromatic carbocycles. The molecule has 1 aliphatic heterocycles. The third-order valence-corrected chi connectivity index (χ3v) is 3.99.